The number of rotatable bonds is 4. The van der Waals surface area contributed by atoms with Crippen molar-refractivity contribution >= 4 is 45.1 Å². The summed E-state index contributed by atoms with van der Waals surface area (Å²) in [7, 11) is 0. The van der Waals surface area contributed by atoms with Crippen molar-refractivity contribution in [3.05, 3.63) is 72.5 Å². The lowest BCUT2D eigenvalue weighted by molar-refractivity contribution is -0.115. The van der Waals surface area contributed by atoms with Crippen molar-refractivity contribution in [2.24, 2.45) is 0 Å². The topological polar surface area (TPSA) is 74.6 Å². The van der Waals surface area contributed by atoms with Gasteiger partial charge in [-0.15, -0.1) is 0 Å². The molecule has 0 radical (unpaired) electrons. The summed E-state index contributed by atoms with van der Waals surface area (Å²) >= 11 is 0. The number of furan rings is 1. The van der Waals surface area contributed by atoms with Gasteiger partial charge in [-0.25, -0.2) is 4.79 Å². The third-order valence-electron chi connectivity index (χ3n) is 6.20. The summed E-state index contributed by atoms with van der Waals surface area (Å²) in [5.41, 5.74) is 3.04. The summed E-state index contributed by atoms with van der Waals surface area (Å²) < 4.78 is 5.69. The average Bonchev–Trinajstić information content (AvgIpc) is 3.04. The van der Waals surface area contributed by atoms with E-state index in [1.165, 1.54) is 12.8 Å². The Labute approximate surface area is 192 Å². The van der Waals surface area contributed by atoms with E-state index in [2.05, 4.69) is 16.7 Å². The Morgan fingerprint density at radius 2 is 1.52 bits per heavy atom. The summed E-state index contributed by atoms with van der Waals surface area (Å²) in [6.07, 6.45) is 6.36. The maximum Gasteiger partial charge on any atom is 0.321 e. The Bertz CT molecular complexity index is 1290. The minimum atomic E-state index is -0.119. The molecule has 0 bridgehead atoms. The van der Waals surface area contributed by atoms with E-state index >= 15 is 0 Å². The van der Waals surface area contributed by atoms with Crippen LogP contribution in [0.1, 0.15) is 31.2 Å². The number of hydrogen-bond acceptors (Lipinski definition) is 3. The van der Waals surface area contributed by atoms with Crippen molar-refractivity contribution in [2.45, 2.75) is 32.1 Å². The number of anilines is 2. The fourth-order valence-electron chi connectivity index (χ4n) is 4.50. The van der Waals surface area contributed by atoms with Crippen LogP contribution in [0.3, 0.4) is 0 Å². The molecule has 0 aliphatic carbocycles. The molecule has 2 N–H and O–H groups in total. The van der Waals surface area contributed by atoms with Crippen molar-refractivity contribution in [2.75, 3.05) is 23.7 Å². The van der Waals surface area contributed by atoms with Gasteiger partial charge in [0.25, 0.3) is 0 Å². The molecule has 1 fully saturated rings. The fourth-order valence-corrected chi connectivity index (χ4v) is 4.50. The van der Waals surface area contributed by atoms with Gasteiger partial charge >= 0.3 is 6.03 Å². The highest BCUT2D eigenvalue weighted by molar-refractivity contribution is 6.09. The third-order valence-corrected chi connectivity index (χ3v) is 6.20. The van der Waals surface area contributed by atoms with Gasteiger partial charge in [0.15, 0.2) is 0 Å². The first-order valence-electron chi connectivity index (χ1n) is 11.5. The SMILES string of the molecule is O=C(Cc1coc2ccc3ccccc3c12)Nc1ccc(NC(=O)N2CCCCCC2)cc1. The number of urea groups is 1. The predicted octanol–water partition coefficient (Wildman–Crippen LogP) is 6.18. The van der Waals surface area contributed by atoms with E-state index in [9.17, 15) is 9.59 Å². The quantitative estimate of drug-likeness (QED) is 0.397. The van der Waals surface area contributed by atoms with Crippen LogP contribution in [-0.2, 0) is 11.2 Å². The molecule has 1 aliphatic rings. The van der Waals surface area contributed by atoms with E-state index in [0.29, 0.717) is 5.69 Å². The normalized spacial score (nSPS) is 14.2. The zero-order valence-electron chi connectivity index (χ0n) is 18.5. The first kappa shape index (κ1) is 21.1. The van der Waals surface area contributed by atoms with Crippen molar-refractivity contribution in [1.29, 1.82) is 0 Å². The molecule has 1 aromatic heterocycles. The number of amides is 3. The first-order chi connectivity index (χ1) is 16.2. The number of hydrogen-bond donors (Lipinski definition) is 2. The van der Waals surface area contributed by atoms with Crippen molar-refractivity contribution < 1.29 is 14.0 Å². The minimum absolute atomic E-state index is 0.0623. The van der Waals surface area contributed by atoms with Gasteiger partial charge in [-0.05, 0) is 53.9 Å². The molecular weight excluding hydrogens is 414 g/mol. The molecule has 6 nitrogen and oxygen atoms in total. The summed E-state index contributed by atoms with van der Waals surface area (Å²) in [6, 6.07) is 19.2. The number of fused-ring (bicyclic) bond motifs is 3. The Morgan fingerprint density at radius 1 is 0.818 bits per heavy atom. The Morgan fingerprint density at radius 3 is 2.27 bits per heavy atom. The van der Waals surface area contributed by atoms with E-state index in [1.54, 1.807) is 18.4 Å². The lowest BCUT2D eigenvalue weighted by Crippen LogP contribution is -2.35. The molecular formula is C27H27N3O3. The smallest absolute Gasteiger partial charge is 0.321 e. The second kappa shape index (κ2) is 9.36. The summed E-state index contributed by atoms with van der Waals surface area (Å²) in [4.78, 5) is 27.1. The van der Waals surface area contributed by atoms with Gasteiger partial charge in [-0.2, -0.15) is 0 Å². The van der Waals surface area contributed by atoms with Crippen LogP contribution < -0.4 is 10.6 Å². The second-order valence-electron chi connectivity index (χ2n) is 8.55. The molecule has 1 saturated heterocycles. The van der Waals surface area contributed by atoms with E-state index in [0.717, 1.165) is 58.9 Å². The van der Waals surface area contributed by atoms with Gasteiger partial charge in [0.05, 0.1) is 12.7 Å². The Hall–Kier alpha value is -3.80. The number of carbonyl (C=O) groups is 2. The number of nitrogens with zero attached hydrogens (tertiary/aromatic N) is 1. The van der Waals surface area contributed by atoms with Crippen molar-refractivity contribution in [1.82, 2.24) is 4.90 Å². The van der Waals surface area contributed by atoms with E-state index in [4.69, 9.17) is 4.42 Å². The maximum atomic E-state index is 12.7. The molecule has 2 heterocycles. The summed E-state index contributed by atoms with van der Waals surface area (Å²) in [5.74, 6) is -0.119. The third kappa shape index (κ3) is 4.70. The molecule has 0 atom stereocenters. The fraction of sp³-hybridized carbons (Fsp3) is 0.259. The largest absolute Gasteiger partial charge is 0.464 e. The standard InChI is InChI=1S/C27H27N3O3/c31-25(17-20-18-33-24-14-9-19-7-3-4-8-23(19)26(20)24)28-21-10-12-22(13-11-21)29-27(32)30-15-5-1-2-6-16-30/h3-4,7-14,18H,1-2,5-6,15-17H2,(H,28,31)(H,29,32). The monoisotopic (exact) mass is 441 g/mol. The van der Waals surface area contributed by atoms with Gasteiger partial charge < -0.3 is 20.0 Å². The molecule has 0 unspecified atom stereocenters. The molecule has 168 valence electrons. The van der Waals surface area contributed by atoms with E-state index in [-0.39, 0.29) is 18.4 Å². The average molecular weight is 442 g/mol. The highest BCUT2D eigenvalue weighted by atomic mass is 16.3. The highest BCUT2D eigenvalue weighted by Crippen LogP contribution is 2.30. The van der Waals surface area contributed by atoms with Gasteiger partial charge in [0.1, 0.15) is 5.58 Å². The van der Waals surface area contributed by atoms with Crippen LogP contribution in [-0.4, -0.2) is 29.9 Å². The van der Waals surface area contributed by atoms with Gasteiger partial charge in [-0.1, -0.05) is 43.2 Å². The Balaban J connectivity index is 1.23. The van der Waals surface area contributed by atoms with E-state index in [1.807, 2.05) is 47.4 Å². The van der Waals surface area contributed by atoms with Crippen LogP contribution in [0.2, 0.25) is 0 Å². The number of nitrogens with one attached hydrogen (secondary N) is 2. The van der Waals surface area contributed by atoms with Gasteiger partial charge in [0, 0.05) is 35.4 Å². The molecule has 6 heteroatoms. The minimum Gasteiger partial charge on any atom is -0.464 e. The highest BCUT2D eigenvalue weighted by Gasteiger charge is 2.16. The maximum absolute atomic E-state index is 12.7. The zero-order chi connectivity index (χ0) is 22.6. The lowest BCUT2D eigenvalue weighted by atomic mass is 10.0. The molecule has 33 heavy (non-hydrogen) atoms. The molecule has 3 aromatic carbocycles. The lowest BCUT2D eigenvalue weighted by Gasteiger charge is -2.20. The molecule has 4 aromatic rings. The van der Waals surface area contributed by atoms with Crippen LogP contribution >= 0.6 is 0 Å². The van der Waals surface area contributed by atoms with Crippen LogP contribution in [0.25, 0.3) is 21.7 Å². The number of carbonyl (C=O) groups excluding carboxylic acids is 2. The summed E-state index contributed by atoms with van der Waals surface area (Å²) in [5, 5.41) is 9.07. The zero-order valence-corrected chi connectivity index (χ0v) is 18.5. The van der Waals surface area contributed by atoms with Crippen molar-refractivity contribution in [3.8, 4) is 0 Å². The van der Waals surface area contributed by atoms with Gasteiger partial charge in [0.2, 0.25) is 5.91 Å². The number of likely N-dealkylation sites (tertiary alicyclic amines) is 1. The first-order valence-corrected chi connectivity index (χ1v) is 11.5. The molecule has 0 spiro atoms. The van der Waals surface area contributed by atoms with Crippen LogP contribution in [0, 0.1) is 0 Å². The molecule has 3 amide bonds. The van der Waals surface area contributed by atoms with Crippen molar-refractivity contribution in [3.63, 3.8) is 0 Å². The van der Waals surface area contributed by atoms with Crippen LogP contribution in [0.15, 0.2) is 71.3 Å². The number of benzene rings is 3. The second-order valence-corrected chi connectivity index (χ2v) is 8.55. The summed E-state index contributed by atoms with van der Waals surface area (Å²) in [6.45, 7) is 1.61. The van der Waals surface area contributed by atoms with Gasteiger partial charge in [-0.3, -0.25) is 4.79 Å². The molecule has 5 rings (SSSR count). The molecule has 1 aliphatic heterocycles. The molecule has 0 saturated carbocycles. The predicted molar refractivity (Wildman–Crippen MR) is 132 cm³/mol. The Kier molecular flexibility index (Phi) is 5.98. The van der Waals surface area contributed by atoms with Crippen LogP contribution in [0.5, 0.6) is 0 Å². The van der Waals surface area contributed by atoms with Crippen LogP contribution in [0.4, 0.5) is 16.2 Å². The van der Waals surface area contributed by atoms with E-state index < -0.39 is 0 Å².